The molecule has 6 heteroatoms. The minimum absolute atomic E-state index is 0. The maximum atomic E-state index is 11.6. The molecule has 1 saturated carbocycles. The summed E-state index contributed by atoms with van der Waals surface area (Å²) in [5.74, 6) is 0. The lowest BCUT2D eigenvalue weighted by Crippen LogP contribution is -2.49. The summed E-state index contributed by atoms with van der Waals surface area (Å²) in [6.07, 6.45) is 6.63. The van der Waals surface area contributed by atoms with E-state index < -0.39 is 12.9 Å². The zero-order valence-electron chi connectivity index (χ0n) is 11.0. The zero-order chi connectivity index (χ0) is 12.2. The molecule has 0 spiro atoms. The summed E-state index contributed by atoms with van der Waals surface area (Å²) in [6, 6.07) is 0.279. The van der Waals surface area contributed by atoms with Gasteiger partial charge >= 0.3 is 7.60 Å². The number of nitrogens with one attached hydrogen (secondary N) is 1. The largest absolute Gasteiger partial charge is 0.345 e. The lowest BCUT2D eigenvalue weighted by molar-refractivity contribution is 0.243. The highest BCUT2D eigenvalue weighted by Gasteiger charge is 2.44. The Balaban J connectivity index is 0.00000256. The first-order valence-electron chi connectivity index (χ1n) is 6.28. The molecule has 1 aliphatic carbocycles. The predicted molar refractivity (Wildman–Crippen MR) is 70.4 cm³/mol. The summed E-state index contributed by atoms with van der Waals surface area (Å²) < 4.78 is 11.6. The Hall–Kier alpha value is 0.0700. The molecule has 0 aliphatic heterocycles. The van der Waals surface area contributed by atoms with E-state index >= 15 is 0 Å². The van der Waals surface area contributed by atoms with Gasteiger partial charge < -0.3 is 15.9 Å². The molecule has 0 radical (unpaired) electrons. The van der Waals surface area contributed by atoms with Gasteiger partial charge in [0.1, 0.15) is 5.28 Å². The van der Waals surface area contributed by atoms with Gasteiger partial charge in [0.15, 0.2) is 0 Å². The van der Waals surface area contributed by atoms with E-state index in [4.69, 9.17) is 0 Å². The van der Waals surface area contributed by atoms with E-state index in [1.165, 1.54) is 19.3 Å². The van der Waals surface area contributed by atoms with E-state index in [9.17, 15) is 14.4 Å². The maximum Gasteiger partial charge on any atom is 0.345 e. The monoisotopic (exact) mass is 266 g/mol. The molecular weight excluding hydrogens is 239 g/mol. The van der Waals surface area contributed by atoms with Gasteiger partial charge in [0.2, 0.25) is 0 Å². The first kappa shape index (κ1) is 17.1. The van der Waals surface area contributed by atoms with E-state index in [2.05, 4.69) is 5.32 Å². The third-order valence-electron chi connectivity index (χ3n) is 3.81. The Morgan fingerprint density at radius 1 is 1.18 bits per heavy atom. The van der Waals surface area contributed by atoms with Crippen molar-refractivity contribution in [1.82, 2.24) is 11.5 Å². The van der Waals surface area contributed by atoms with E-state index in [0.717, 1.165) is 12.8 Å². The molecule has 104 valence electrons. The maximum absolute atomic E-state index is 11.6. The summed E-state index contributed by atoms with van der Waals surface area (Å²) in [4.78, 5) is 19.0. The Labute approximate surface area is 104 Å². The average Bonchev–Trinajstić information content (AvgIpc) is 2.25. The van der Waals surface area contributed by atoms with Crippen molar-refractivity contribution in [2.24, 2.45) is 0 Å². The van der Waals surface area contributed by atoms with Gasteiger partial charge in [0.05, 0.1) is 0 Å². The third kappa shape index (κ3) is 4.04. The van der Waals surface area contributed by atoms with Crippen LogP contribution in [0.1, 0.15) is 58.8 Å². The van der Waals surface area contributed by atoms with Gasteiger partial charge in [0.25, 0.3) is 0 Å². The Bertz CT molecular complexity index is 257. The highest BCUT2D eigenvalue weighted by Crippen LogP contribution is 2.53. The molecule has 1 fully saturated rings. The molecule has 0 aromatic rings. The molecule has 0 aromatic carbocycles. The smallest absolute Gasteiger partial charge is 0.344 e. The fraction of sp³-hybridized carbons (Fsp3) is 1.00. The van der Waals surface area contributed by atoms with Crippen LogP contribution in [0, 0.1) is 0 Å². The molecule has 5 nitrogen and oxygen atoms in total. The molecule has 6 N–H and O–H groups in total. The van der Waals surface area contributed by atoms with Crippen molar-refractivity contribution in [2.75, 3.05) is 0 Å². The highest BCUT2D eigenvalue weighted by molar-refractivity contribution is 7.53. The molecule has 0 aromatic heterocycles. The van der Waals surface area contributed by atoms with Crippen LogP contribution >= 0.6 is 7.60 Å². The predicted octanol–water partition coefficient (Wildman–Crippen LogP) is 2.76. The zero-order valence-corrected chi connectivity index (χ0v) is 11.9. The van der Waals surface area contributed by atoms with Crippen LogP contribution in [0.4, 0.5) is 0 Å². The number of hydrogen-bond acceptors (Lipinski definition) is 3. The second-order valence-electron chi connectivity index (χ2n) is 4.76. The van der Waals surface area contributed by atoms with Crippen molar-refractivity contribution >= 4 is 7.60 Å². The third-order valence-corrected chi connectivity index (χ3v) is 5.68. The average molecular weight is 266 g/mol. The lowest BCUT2D eigenvalue weighted by Gasteiger charge is -2.38. The topological polar surface area (TPSA) is 105 Å². The van der Waals surface area contributed by atoms with E-state index in [-0.39, 0.29) is 12.2 Å². The SMILES string of the molecule is CCC(CC)(NC1CCCCC1)P(=O)(O)O.N. The van der Waals surface area contributed by atoms with Crippen LogP contribution in [0.3, 0.4) is 0 Å². The van der Waals surface area contributed by atoms with Crippen molar-refractivity contribution in [3.05, 3.63) is 0 Å². The van der Waals surface area contributed by atoms with Crippen molar-refractivity contribution in [1.29, 1.82) is 0 Å². The van der Waals surface area contributed by atoms with Crippen molar-refractivity contribution in [2.45, 2.75) is 70.1 Å². The van der Waals surface area contributed by atoms with Gasteiger partial charge in [-0.3, -0.25) is 9.88 Å². The van der Waals surface area contributed by atoms with Crippen LogP contribution in [-0.4, -0.2) is 21.1 Å². The molecule has 0 bridgehead atoms. The van der Waals surface area contributed by atoms with E-state index in [1.807, 2.05) is 13.8 Å². The summed E-state index contributed by atoms with van der Waals surface area (Å²) in [5, 5.41) is 2.24. The van der Waals surface area contributed by atoms with Gasteiger partial charge in [-0.15, -0.1) is 0 Å². The Morgan fingerprint density at radius 3 is 2.00 bits per heavy atom. The van der Waals surface area contributed by atoms with Crippen LogP contribution in [0.5, 0.6) is 0 Å². The number of hydrogen-bond donors (Lipinski definition) is 4. The fourth-order valence-electron chi connectivity index (χ4n) is 2.58. The van der Waals surface area contributed by atoms with Gasteiger partial charge in [-0.25, -0.2) is 0 Å². The minimum atomic E-state index is -4.08. The summed E-state index contributed by atoms with van der Waals surface area (Å²) >= 11 is 0. The van der Waals surface area contributed by atoms with Crippen LogP contribution in [-0.2, 0) is 4.57 Å². The van der Waals surface area contributed by atoms with Gasteiger partial charge in [-0.1, -0.05) is 33.1 Å². The van der Waals surface area contributed by atoms with Gasteiger partial charge in [-0.05, 0) is 25.7 Å². The Morgan fingerprint density at radius 2 is 1.65 bits per heavy atom. The molecule has 17 heavy (non-hydrogen) atoms. The molecule has 0 amide bonds. The first-order valence-corrected chi connectivity index (χ1v) is 7.90. The molecule has 0 unspecified atom stereocenters. The standard InChI is InChI=1S/C11H24NO3P.H3N/c1-3-11(4-2,16(13,14)15)12-10-8-6-5-7-9-10;/h10,12H,3-9H2,1-2H3,(H2,13,14,15);1H3. The van der Waals surface area contributed by atoms with Crippen LogP contribution < -0.4 is 11.5 Å². The van der Waals surface area contributed by atoms with Crippen molar-refractivity contribution < 1.29 is 14.4 Å². The Kier molecular flexibility index (Phi) is 6.89. The second-order valence-corrected chi connectivity index (χ2v) is 6.71. The van der Waals surface area contributed by atoms with Gasteiger partial charge in [-0.2, -0.15) is 0 Å². The molecule has 0 heterocycles. The quantitative estimate of drug-likeness (QED) is 0.573. The van der Waals surface area contributed by atoms with E-state index in [1.54, 1.807) is 0 Å². The molecule has 1 aliphatic rings. The van der Waals surface area contributed by atoms with Crippen LogP contribution in [0.2, 0.25) is 0 Å². The van der Waals surface area contributed by atoms with Crippen LogP contribution in [0.15, 0.2) is 0 Å². The lowest BCUT2D eigenvalue weighted by atomic mass is 9.94. The van der Waals surface area contributed by atoms with Crippen molar-refractivity contribution in [3.63, 3.8) is 0 Å². The second kappa shape index (κ2) is 6.86. The summed E-state index contributed by atoms with van der Waals surface area (Å²) in [7, 11) is -4.08. The van der Waals surface area contributed by atoms with Crippen LogP contribution in [0.25, 0.3) is 0 Å². The van der Waals surface area contributed by atoms with Gasteiger partial charge in [0, 0.05) is 6.04 Å². The molecule has 1 rings (SSSR count). The first-order chi connectivity index (χ1) is 7.45. The number of rotatable bonds is 5. The summed E-state index contributed by atoms with van der Waals surface area (Å²) in [5.41, 5.74) is 0. The minimum Gasteiger partial charge on any atom is -0.344 e. The fourth-order valence-corrected chi connectivity index (χ4v) is 3.75. The molecule has 0 atom stereocenters. The van der Waals surface area contributed by atoms with E-state index in [0.29, 0.717) is 12.8 Å². The molecule has 0 saturated heterocycles. The molecular formula is C11H27N2O3P. The van der Waals surface area contributed by atoms with Crippen molar-refractivity contribution in [3.8, 4) is 0 Å². The summed E-state index contributed by atoms with van der Waals surface area (Å²) in [6.45, 7) is 3.69. The highest BCUT2D eigenvalue weighted by atomic mass is 31.2. The normalized spacial score (nSPS) is 18.8.